The first kappa shape index (κ1) is 28.3. The van der Waals surface area contributed by atoms with E-state index in [0.717, 1.165) is 16.7 Å². The zero-order valence-electron chi connectivity index (χ0n) is 23.7. The van der Waals surface area contributed by atoms with Crippen LogP contribution in [0.3, 0.4) is 0 Å². The van der Waals surface area contributed by atoms with Crippen LogP contribution in [0.15, 0.2) is 109 Å². The third-order valence-electron chi connectivity index (χ3n) is 7.06. The number of esters is 1. The molecule has 0 spiro atoms. The minimum atomic E-state index is -0.836. The van der Waals surface area contributed by atoms with Crippen molar-refractivity contribution in [2.75, 3.05) is 0 Å². The van der Waals surface area contributed by atoms with Gasteiger partial charge in [-0.15, -0.1) is 0 Å². The van der Waals surface area contributed by atoms with Crippen molar-refractivity contribution in [3.8, 4) is 29.1 Å². The molecule has 5 rings (SSSR count). The number of allylic oxidation sites excluding steroid dienone is 1. The molecule has 2 atom stereocenters. The van der Waals surface area contributed by atoms with E-state index in [2.05, 4.69) is 19.9 Å². The quantitative estimate of drug-likeness (QED) is 0.174. The van der Waals surface area contributed by atoms with Gasteiger partial charge in [0.25, 0.3) is 0 Å². The highest BCUT2D eigenvalue weighted by atomic mass is 16.6. The fraction of sp³-hybridized carbons (Fsp3) is 0.200. The summed E-state index contributed by atoms with van der Waals surface area (Å²) in [6.45, 7) is 6.32. The van der Waals surface area contributed by atoms with Gasteiger partial charge in [0.1, 0.15) is 41.2 Å². The first-order chi connectivity index (χ1) is 20.3. The number of ether oxygens (including phenoxy) is 4. The van der Waals surface area contributed by atoms with Gasteiger partial charge in [0.15, 0.2) is 6.10 Å². The lowest BCUT2D eigenvalue weighted by Crippen LogP contribution is -2.28. The van der Waals surface area contributed by atoms with Gasteiger partial charge in [-0.25, -0.2) is 4.79 Å². The number of nitrogens with zero attached hydrogens (tertiary/aromatic N) is 1. The van der Waals surface area contributed by atoms with Gasteiger partial charge in [0.2, 0.25) is 5.88 Å². The molecule has 4 aromatic rings. The lowest BCUT2D eigenvalue weighted by molar-refractivity contribution is -0.141. The molecular weight excluding hydrogens is 528 g/mol. The molecule has 0 saturated heterocycles. The summed E-state index contributed by atoms with van der Waals surface area (Å²) in [5.41, 5.74) is 10.3. The molecule has 4 aromatic carbocycles. The van der Waals surface area contributed by atoms with Gasteiger partial charge in [-0.2, -0.15) is 5.26 Å². The van der Waals surface area contributed by atoms with Crippen molar-refractivity contribution in [3.63, 3.8) is 0 Å². The van der Waals surface area contributed by atoms with Crippen LogP contribution in [-0.2, 0) is 11.4 Å². The Morgan fingerprint density at radius 3 is 2.24 bits per heavy atom. The van der Waals surface area contributed by atoms with Crippen LogP contribution in [0.5, 0.6) is 23.0 Å². The first-order valence-corrected chi connectivity index (χ1v) is 13.8. The minimum Gasteiger partial charge on any atom is -0.489 e. The molecule has 2 N–H and O–H groups in total. The van der Waals surface area contributed by atoms with E-state index < -0.39 is 18.0 Å². The lowest BCUT2D eigenvalue weighted by atomic mass is 9.83. The Hall–Kier alpha value is -5.22. The van der Waals surface area contributed by atoms with Crippen LogP contribution < -0.4 is 24.7 Å². The van der Waals surface area contributed by atoms with E-state index in [1.54, 1.807) is 25.1 Å². The van der Waals surface area contributed by atoms with E-state index in [1.165, 1.54) is 5.56 Å². The van der Waals surface area contributed by atoms with E-state index in [9.17, 15) is 10.1 Å². The van der Waals surface area contributed by atoms with E-state index >= 15 is 0 Å². The third-order valence-corrected chi connectivity index (χ3v) is 7.06. The maximum atomic E-state index is 12.8. The third kappa shape index (κ3) is 6.39. The normalized spacial score (nSPS) is 14.8. The fourth-order valence-corrected chi connectivity index (χ4v) is 4.72. The fourth-order valence-electron chi connectivity index (χ4n) is 4.72. The molecule has 7 nitrogen and oxygen atoms in total. The number of carbonyl (C=O) groups is 1. The molecule has 7 heteroatoms. The predicted molar refractivity (Wildman–Crippen MR) is 159 cm³/mol. The molecule has 0 radical (unpaired) electrons. The predicted octanol–water partition coefficient (Wildman–Crippen LogP) is 6.98. The molecule has 1 aliphatic heterocycles. The maximum absolute atomic E-state index is 12.8. The number of hydrogen-bond donors (Lipinski definition) is 1. The number of nitriles is 1. The molecular formula is C35H32N2O5. The molecule has 1 aliphatic rings. The number of carbonyl (C=O) groups excluding carboxylic acids is 1. The van der Waals surface area contributed by atoms with Crippen molar-refractivity contribution in [2.45, 2.75) is 45.3 Å². The zero-order valence-corrected chi connectivity index (χ0v) is 23.7. The van der Waals surface area contributed by atoms with Crippen LogP contribution in [0.2, 0.25) is 0 Å². The Kier molecular flexibility index (Phi) is 8.44. The van der Waals surface area contributed by atoms with Gasteiger partial charge in [-0.05, 0) is 59.9 Å². The molecule has 2 unspecified atom stereocenters. The summed E-state index contributed by atoms with van der Waals surface area (Å²) in [5, 5.41) is 9.91. The molecule has 0 aliphatic carbocycles. The van der Waals surface area contributed by atoms with Gasteiger partial charge in [0, 0.05) is 11.6 Å². The summed E-state index contributed by atoms with van der Waals surface area (Å²) in [6, 6.07) is 32.4. The Bertz CT molecular complexity index is 1620. The minimum absolute atomic E-state index is 0.00410. The van der Waals surface area contributed by atoms with Crippen molar-refractivity contribution in [3.05, 3.63) is 131 Å². The zero-order chi connectivity index (χ0) is 29.6. The van der Waals surface area contributed by atoms with Crippen molar-refractivity contribution >= 4 is 5.97 Å². The number of fused-ring (bicyclic) bond motifs is 1. The average Bonchev–Trinajstić information content (AvgIpc) is 3.00. The summed E-state index contributed by atoms with van der Waals surface area (Å²) in [7, 11) is 0. The molecule has 212 valence electrons. The SMILES string of the molecule is CC(Oc1ccc(C(C)C)cc1)C(=O)Oc1ccc2c(c1)OC(N)=C(C#N)C2c1ccc(OCc2ccccc2)cc1. The van der Waals surface area contributed by atoms with E-state index in [-0.39, 0.29) is 11.6 Å². The average molecular weight is 561 g/mol. The summed E-state index contributed by atoms with van der Waals surface area (Å²) < 4.78 is 23.1. The Morgan fingerprint density at radius 2 is 1.57 bits per heavy atom. The van der Waals surface area contributed by atoms with Gasteiger partial charge in [-0.3, -0.25) is 0 Å². The Morgan fingerprint density at radius 1 is 0.905 bits per heavy atom. The summed E-state index contributed by atoms with van der Waals surface area (Å²) in [4.78, 5) is 12.8. The van der Waals surface area contributed by atoms with E-state index in [1.807, 2.05) is 78.9 Å². The van der Waals surface area contributed by atoms with Crippen LogP contribution in [0.1, 0.15) is 54.9 Å². The second kappa shape index (κ2) is 12.5. The van der Waals surface area contributed by atoms with Crippen LogP contribution in [0.25, 0.3) is 0 Å². The van der Waals surface area contributed by atoms with Crippen molar-refractivity contribution in [2.24, 2.45) is 5.73 Å². The monoisotopic (exact) mass is 560 g/mol. The van der Waals surface area contributed by atoms with E-state index in [0.29, 0.717) is 35.3 Å². The molecule has 42 heavy (non-hydrogen) atoms. The van der Waals surface area contributed by atoms with Gasteiger partial charge in [0.05, 0.1) is 5.92 Å². The first-order valence-electron chi connectivity index (χ1n) is 13.8. The van der Waals surface area contributed by atoms with Crippen molar-refractivity contribution in [1.82, 2.24) is 0 Å². The number of hydrogen-bond acceptors (Lipinski definition) is 7. The topological polar surface area (TPSA) is 104 Å². The summed E-state index contributed by atoms with van der Waals surface area (Å²) in [5.74, 6) is 1.37. The standard InChI is InChI=1S/C35H32N2O5/c1-22(2)25-9-15-28(16-10-25)40-23(3)35(38)41-29-17-18-30-32(19-29)42-34(37)31(20-36)33(30)26-11-13-27(14-12-26)39-21-24-7-5-4-6-8-24/h4-19,22-23,33H,21,37H2,1-3H3. The van der Waals surface area contributed by atoms with Gasteiger partial charge in [-0.1, -0.05) is 74.5 Å². The molecule has 0 amide bonds. The largest absolute Gasteiger partial charge is 0.489 e. The van der Waals surface area contributed by atoms with Crippen LogP contribution in [-0.4, -0.2) is 12.1 Å². The second-order valence-electron chi connectivity index (χ2n) is 10.4. The molecule has 0 bridgehead atoms. The van der Waals surface area contributed by atoms with Crippen LogP contribution in [0.4, 0.5) is 0 Å². The summed E-state index contributed by atoms with van der Waals surface area (Å²) >= 11 is 0. The van der Waals surface area contributed by atoms with Gasteiger partial charge >= 0.3 is 5.97 Å². The number of rotatable bonds is 9. The molecule has 1 heterocycles. The van der Waals surface area contributed by atoms with Crippen molar-refractivity contribution in [1.29, 1.82) is 5.26 Å². The van der Waals surface area contributed by atoms with Gasteiger partial charge < -0.3 is 24.7 Å². The number of nitrogens with two attached hydrogens (primary N) is 1. The van der Waals surface area contributed by atoms with E-state index in [4.69, 9.17) is 24.7 Å². The second-order valence-corrected chi connectivity index (χ2v) is 10.4. The Labute approximate surface area is 245 Å². The van der Waals surface area contributed by atoms with Crippen molar-refractivity contribution < 1.29 is 23.7 Å². The summed E-state index contributed by atoms with van der Waals surface area (Å²) in [6.07, 6.45) is -0.836. The van der Waals surface area contributed by atoms with Crippen LogP contribution in [0, 0.1) is 11.3 Å². The van der Waals surface area contributed by atoms with Crippen LogP contribution >= 0.6 is 0 Å². The smallest absolute Gasteiger partial charge is 0.352 e. The molecule has 0 aromatic heterocycles. The highest BCUT2D eigenvalue weighted by Crippen LogP contribution is 2.43. The highest BCUT2D eigenvalue weighted by Gasteiger charge is 2.31. The molecule has 0 saturated carbocycles. The molecule has 0 fully saturated rings. The Balaban J connectivity index is 1.30. The lowest BCUT2D eigenvalue weighted by Gasteiger charge is -2.27. The highest BCUT2D eigenvalue weighted by molar-refractivity contribution is 5.77. The maximum Gasteiger partial charge on any atom is 0.352 e. The number of benzene rings is 4.